The zero-order chi connectivity index (χ0) is 14.8. The van der Waals surface area contributed by atoms with Crippen molar-refractivity contribution in [2.45, 2.75) is 33.1 Å². The van der Waals surface area contributed by atoms with Crippen molar-refractivity contribution in [1.82, 2.24) is 5.32 Å². The lowest BCUT2D eigenvalue weighted by molar-refractivity contribution is 0.0917. The number of ketones is 1. The summed E-state index contributed by atoms with van der Waals surface area (Å²) in [6, 6.07) is 7.89. The molecule has 1 aliphatic rings. The van der Waals surface area contributed by atoms with Gasteiger partial charge < -0.3 is 9.73 Å². The molecule has 1 aromatic carbocycles. The Morgan fingerprint density at radius 1 is 1.48 bits per heavy atom. The van der Waals surface area contributed by atoms with Crippen molar-refractivity contribution in [1.29, 1.82) is 0 Å². The van der Waals surface area contributed by atoms with Gasteiger partial charge in [0.05, 0.1) is 0 Å². The third-order valence-corrected chi connectivity index (χ3v) is 4.66. The average Bonchev–Trinajstić information content (AvgIpc) is 2.94. The largest absolute Gasteiger partial charge is 0.453 e. The maximum Gasteiger partial charge on any atom is 0.198 e. The summed E-state index contributed by atoms with van der Waals surface area (Å²) in [5.74, 6) is 1.65. The molecule has 0 amide bonds. The number of hydrogen-bond donors (Lipinski definition) is 1. The van der Waals surface area contributed by atoms with E-state index in [9.17, 15) is 4.79 Å². The number of carbonyl (C=O) groups excluding carboxylic acids is 1. The number of fused-ring (bicyclic) bond motifs is 1. The van der Waals surface area contributed by atoms with Crippen LogP contribution >= 0.6 is 0 Å². The first-order chi connectivity index (χ1) is 10.1. The molecule has 2 heterocycles. The highest BCUT2D eigenvalue weighted by Crippen LogP contribution is 2.27. The quantitative estimate of drug-likeness (QED) is 0.865. The van der Waals surface area contributed by atoms with E-state index in [4.69, 9.17) is 4.42 Å². The second kappa shape index (κ2) is 6.02. The van der Waals surface area contributed by atoms with Crippen molar-refractivity contribution in [3.05, 3.63) is 35.6 Å². The van der Waals surface area contributed by atoms with Gasteiger partial charge >= 0.3 is 0 Å². The van der Waals surface area contributed by atoms with Gasteiger partial charge in [-0.25, -0.2) is 0 Å². The third kappa shape index (κ3) is 3.03. The summed E-state index contributed by atoms with van der Waals surface area (Å²) in [4.78, 5) is 12.5. The lowest BCUT2D eigenvalue weighted by Crippen LogP contribution is -2.33. The predicted molar refractivity (Wildman–Crippen MR) is 84.7 cm³/mol. The molecule has 2 atom stereocenters. The summed E-state index contributed by atoms with van der Waals surface area (Å²) in [5, 5.41) is 4.44. The molecule has 1 saturated heterocycles. The Hall–Kier alpha value is -1.61. The Balaban J connectivity index is 1.72. The Kier molecular flexibility index (Phi) is 4.11. The fraction of sp³-hybridized carbons (Fsp3) is 0.500. The lowest BCUT2D eigenvalue weighted by atomic mass is 9.84. The molecule has 1 aromatic heterocycles. The van der Waals surface area contributed by atoms with Crippen molar-refractivity contribution in [2.24, 2.45) is 11.8 Å². The number of nitrogens with one attached hydrogen (secondary N) is 1. The van der Waals surface area contributed by atoms with Crippen molar-refractivity contribution in [2.75, 3.05) is 13.1 Å². The van der Waals surface area contributed by atoms with Gasteiger partial charge in [0.15, 0.2) is 11.5 Å². The molecule has 0 radical (unpaired) electrons. The van der Waals surface area contributed by atoms with Gasteiger partial charge in [-0.1, -0.05) is 25.1 Å². The normalized spacial score (nSPS) is 20.6. The molecule has 3 heteroatoms. The highest BCUT2D eigenvalue weighted by Gasteiger charge is 2.24. The van der Waals surface area contributed by atoms with Crippen LogP contribution in [0.5, 0.6) is 0 Å². The van der Waals surface area contributed by atoms with E-state index in [1.54, 1.807) is 0 Å². The maximum atomic E-state index is 12.5. The number of rotatable bonds is 4. The number of carbonyl (C=O) groups is 1. The second-order valence-electron chi connectivity index (χ2n) is 6.31. The smallest absolute Gasteiger partial charge is 0.198 e. The average molecular weight is 285 g/mol. The van der Waals surface area contributed by atoms with Crippen LogP contribution in [-0.4, -0.2) is 18.9 Å². The Labute approximate surface area is 125 Å². The van der Waals surface area contributed by atoms with Crippen LogP contribution < -0.4 is 5.32 Å². The van der Waals surface area contributed by atoms with Crippen molar-refractivity contribution < 1.29 is 9.21 Å². The van der Waals surface area contributed by atoms with Crippen LogP contribution in [0, 0.1) is 18.8 Å². The predicted octanol–water partition coefficient (Wildman–Crippen LogP) is 3.95. The zero-order valence-electron chi connectivity index (χ0n) is 12.8. The molecule has 0 saturated carbocycles. The van der Waals surface area contributed by atoms with Crippen LogP contribution in [0.1, 0.15) is 42.3 Å². The van der Waals surface area contributed by atoms with E-state index in [1.807, 2.05) is 31.2 Å². The first-order valence-corrected chi connectivity index (χ1v) is 7.88. The molecule has 0 aliphatic carbocycles. The maximum absolute atomic E-state index is 12.5. The van der Waals surface area contributed by atoms with E-state index in [-0.39, 0.29) is 5.78 Å². The molecule has 21 heavy (non-hydrogen) atoms. The van der Waals surface area contributed by atoms with Crippen LogP contribution in [0.15, 0.2) is 28.7 Å². The second-order valence-corrected chi connectivity index (χ2v) is 6.31. The lowest BCUT2D eigenvalue weighted by Gasteiger charge is -2.27. The zero-order valence-corrected chi connectivity index (χ0v) is 12.8. The monoisotopic (exact) mass is 285 g/mol. The fourth-order valence-corrected chi connectivity index (χ4v) is 3.27. The molecule has 2 aromatic rings. The SMILES string of the molecule is Cc1cccc2cc(C(=O)CC(C)C3CCCNC3)oc12. The molecule has 1 aliphatic heterocycles. The third-order valence-electron chi connectivity index (χ3n) is 4.66. The molecular formula is C18H23NO2. The van der Waals surface area contributed by atoms with Crippen LogP contribution in [0.3, 0.4) is 0 Å². The highest BCUT2D eigenvalue weighted by molar-refractivity contribution is 5.98. The summed E-state index contributed by atoms with van der Waals surface area (Å²) < 4.78 is 5.78. The molecule has 112 valence electrons. The van der Waals surface area contributed by atoms with Gasteiger partial charge in [0.25, 0.3) is 0 Å². The highest BCUT2D eigenvalue weighted by atomic mass is 16.3. The van der Waals surface area contributed by atoms with E-state index in [0.29, 0.717) is 24.0 Å². The van der Waals surface area contributed by atoms with Gasteiger partial charge in [0, 0.05) is 11.8 Å². The standard InChI is InChI=1S/C18H23NO2/c1-12-5-3-6-14-10-17(21-18(12)14)16(20)9-13(2)15-7-4-8-19-11-15/h3,5-6,10,13,15,19H,4,7-9,11H2,1-2H3. The molecule has 0 bridgehead atoms. The van der Waals surface area contributed by atoms with Gasteiger partial charge in [-0.15, -0.1) is 0 Å². The van der Waals surface area contributed by atoms with Crippen molar-refractivity contribution in [3.63, 3.8) is 0 Å². The molecule has 1 N–H and O–H groups in total. The van der Waals surface area contributed by atoms with Gasteiger partial charge in [-0.05, 0) is 56.3 Å². The van der Waals surface area contributed by atoms with Gasteiger partial charge in [0.2, 0.25) is 0 Å². The van der Waals surface area contributed by atoms with Crippen LogP contribution in [-0.2, 0) is 0 Å². The van der Waals surface area contributed by atoms with Crippen molar-refractivity contribution >= 4 is 16.8 Å². The van der Waals surface area contributed by atoms with Gasteiger partial charge in [-0.2, -0.15) is 0 Å². The van der Waals surface area contributed by atoms with Crippen LogP contribution in [0.25, 0.3) is 11.0 Å². The van der Waals surface area contributed by atoms with Gasteiger partial charge in [0.1, 0.15) is 5.58 Å². The minimum atomic E-state index is 0.128. The Morgan fingerprint density at radius 3 is 3.05 bits per heavy atom. The number of Topliss-reactive ketones (excluding diaryl/α,β-unsaturated/α-hetero) is 1. The fourth-order valence-electron chi connectivity index (χ4n) is 3.27. The van der Waals surface area contributed by atoms with Crippen molar-refractivity contribution in [3.8, 4) is 0 Å². The summed E-state index contributed by atoms with van der Waals surface area (Å²) in [7, 11) is 0. The molecule has 3 nitrogen and oxygen atoms in total. The van der Waals surface area contributed by atoms with Crippen LogP contribution in [0.2, 0.25) is 0 Å². The molecule has 2 unspecified atom stereocenters. The Morgan fingerprint density at radius 2 is 2.33 bits per heavy atom. The van der Waals surface area contributed by atoms with Crippen LogP contribution in [0.4, 0.5) is 0 Å². The first kappa shape index (κ1) is 14.3. The topological polar surface area (TPSA) is 42.2 Å². The summed E-state index contributed by atoms with van der Waals surface area (Å²) in [6.45, 7) is 6.34. The summed E-state index contributed by atoms with van der Waals surface area (Å²) in [6.07, 6.45) is 3.01. The van der Waals surface area contributed by atoms with E-state index >= 15 is 0 Å². The minimum Gasteiger partial charge on any atom is -0.453 e. The molecular weight excluding hydrogens is 262 g/mol. The minimum absolute atomic E-state index is 0.128. The summed E-state index contributed by atoms with van der Waals surface area (Å²) in [5.41, 5.74) is 1.92. The van der Waals surface area contributed by atoms with Gasteiger partial charge in [-0.3, -0.25) is 4.79 Å². The van der Waals surface area contributed by atoms with E-state index in [0.717, 1.165) is 29.6 Å². The number of hydrogen-bond acceptors (Lipinski definition) is 3. The number of aryl methyl sites for hydroxylation is 1. The van der Waals surface area contributed by atoms with E-state index in [1.165, 1.54) is 12.8 Å². The number of furan rings is 1. The number of para-hydroxylation sites is 1. The number of benzene rings is 1. The molecule has 3 rings (SSSR count). The van der Waals surface area contributed by atoms with E-state index < -0.39 is 0 Å². The summed E-state index contributed by atoms with van der Waals surface area (Å²) >= 11 is 0. The molecule has 1 fully saturated rings. The first-order valence-electron chi connectivity index (χ1n) is 7.88. The number of piperidine rings is 1. The van der Waals surface area contributed by atoms with E-state index in [2.05, 4.69) is 12.2 Å². The molecule has 0 spiro atoms. The Bertz CT molecular complexity index is 638.